The van der Waals surface area contributed by atoms with Gasteiger partial charge in [-0.05, 0) is 48.5 Å². The molecule has 0 fully saturated rings. The van der Waals surface area contributed by atoms with Crippen LogP contribution < -0.4 is 0 Å². The van der Waals surface area contributed by atoms with Gasteiger partial charge in [0.05, 0.1) is 11.3 Å². The third-order valence-corrected chi connectivity index (χ3v) is 5.75. The maximum absolute atomic E-state index is 12.6. The average molecular weight is 432 g/mol. The summed E-state index contributed by atoms with van der Waals surface area (Å²) in [6.45, 7) is 0. The molecule has 0 radical (unpaired) electrons. The van der Waals surface area contributed by atoms with E-state index in [1.165, 1.54) is 11.8 Å². The monoisotopic (exact) mass is 431 g/mol. The number of hydrogen-bond donors (Lipinski definition) is 0. The lowest BCUT2D eigenvalue weighted by molar-refractivity contribution is 0.102. The van der Waals surface area contributed by atoms with Gasteiger partial charge < -0.3 is 0 Å². The predicted molar refractivity (Wildman–Crippen MR) is 118 cm³/mol. The molecular weight excluding hydrogens is 418 g/mol. The van der Waals surface area contributed by atoms with Gasteiger partial charge in [-0.15, -0.1) is 5.10 Å². The number of fused-ring (bicyclic) bond motifs is 3. The Bertz CT molecular complexity index is 1370. The summed E-state index contributed by atoms with van der Waals surface area (Å²) in [4.78, 5) is 26.2. The van der Waals surface area contributed by atoms with E-state index in [4.69, 9.17) is 21.6 Å². The minimum Gasteiger partial charge on any atom is -0.293 e. The van der Waals surface area contributed by atoms with Crippen LogP contribution in [0, 0.1) is 0 Å². The number of nitrogens with zero attached hydrogens (tertiary/aromatic N) is 5. The van der Waals surface area contributed by atoms with Gasteiger partial charge in [0, 0.05) is 33.9 Å². The number of ketones is 1. The number of Topliss-reactive ketones (excluding diaryl/α,β-unsaturated/α-hetero) is 1. The number of carbonyl (C=O) groups excluding carboxylic acids is 1. The van der Waals surface area contributed by atoms with Crippen LogP contribution in [0.3, 0.4) is 0 Å². The van der Waals surface area contributed by atoms with Crippen molar-refractivity contribution in [1.29, 1.82) is 0 Å². The van der Waals surface area contributed by atoms with Crippen LogP contribution in [-0.4, -0.2) is 36.1 Å². The third kappa shape index (κ3) is 3.53. The minimum absolute atomic E-state index is 0.00706. The van der Waals surface area contributed by atoms with E-state index < -0.39 is 0 Å². The van der Waals surface area contributed by atoms with Crippen LogP contribution in [0.15, 0.2) is 78.2 Å². The molecule has 5 aromatic rings. The van der Waals surface area contributed by atoms with Crippen molar-refractivity contribution in [2.24, 2.45) is 0 Å². The van der Waals surface area contributed by atoms with E-state index in [-0.39, 0.29) is 11.5 Å². The van der Waals surface area contributed by atoms with Gasteiger partial charge in [-0.3, -0.25) is 9.78 Å². The van der Waals surface area contributed by atoms with E-state index in [0.29, 0.717) is 27.2 Å². The summed E-state index contributed by atoms with van der Waals surface area (Å²) in [5.74, 6) is 0.781. The lowest BCUT2D eigenvalue weighted by Crippen LogP contribution is -2.05. The molecule has 6 nitrogen and oxygen atoms in total. The second kappa shape index (κ2) is 7.85. The zero-order valence-electron chi connectivity index (χ0n) is 15.6. The average Bonchev–Trinajstić information content (AvgIpc) is 3.24. The fraction of sp³-hybridized carbons (Fsp3) is 0.0455. The summed E-state index contributed by atoms with van der Waals surface area (Å²) in [5, 5.41) is 6.75. The molecule has 0 saturated heterocycles. The Morgan fingerprint density at radius 3 is 2.63 bits per heavy atom. The van der Waals surface area contributed by atoms with Gasteiger partial charge >= 0.3 is 0 Å². The summed E-state index contributed by atoms with van der Waals surface area (Å²) >= 11 is 7.25. The van der Waals surface area contributed by atoms with Crippen molar-refractivity contribution in [2.75, 3.05) is 5.75 Å². The van der Waals surface area contributed by atoms with Crippen molar-refractivity contribution in [3.63, 3.8) is 0 Å². The highest BCUT2D eigenvalue weighted by atomic mass is 35.5. The fourth-order valence-electron chi connectivity index (χ4n) is 3.09. The van der Waals surface area contributed by atoms with Gasteiger partial charge in [-0.2, -0.15) is 4.52 Å². The Balaban J connectivity index is 1.55. The highest BCUT2D eigenvalue weighted by molar-refractivity contribution is 7.99. The van der Waals surface area contributed by atoms with Crippen molar-refractivity contribution in [2.45, 2.75) is 5.16 Å². The van der Waals surface area contributed by atoms with Gasteiger partial charge in [-0.1, -0.05) is 35.5 Å². The van der Waals surface area contributed by atoms with Crippen LogP contribution in [0.2, 0.25) is 5.02 Å². The van der Waals surface area contributed by atoms with E-state index in [1.54, 1.807) is 41.2 Å². The van der Waals surface area contributed by atoms with Gasteiger partial charge in [0.25, 0.3) is 0 Å². The number of thioether (sulfide) groups is 1. The lowest BCUT2D eigenvalue weighted by atomic mass is 10.1. The van der Waals surface area contributed by atoms with Crippen LogP contribution in [-0.2, 0) is 0 Å². The maximum Gasteiger partial charge on any atom is 0.192 e. The van der Waals surface area contributed by atoms with Gasteiger partial charge in [0.1, 0.15) is 0 Å². The molecule has 0 aliphatic heterocycles. The van der Waals surface area contributed by atoms with E-state index in [2.05, 4.69) is 10.1 Å². The Kier molecular flexibility index (Phi) is 4.90. The summed E-state index contributed by atoms with van der Waals surface area (Å²) in [7, 11) is 0. The Labute approximate surface area is 181 Å². The third-order valence-electron chi connectivity index (χ3n) is 4.57. The normalized spacial score (nSPS) is 11.2. The van der Waals surface area contributed by atoms with Crippen molar-refractivity contribution < 1.29 is 4.79 Å². The van der Waals surface area contributed by atoms with Gasteiger partial charge in [0.15, 0.2) is 22.4 Å². The number of hydrogen-bond acceptors (Lipinski definition) is 6. The first-order valence-electron chi connectivity index (χ1n) is 9.16. The highest BCUT2D eigenvalue weighted by Gasteiger charge is 2.16. The number of pyridine rings is 1. The predicted octanol–water partition coefficient (Wildman–Crippen LogP) is 4.97. The first kappa shape index (κ1) is 18.7. The summed E-state index contributed by atoms with van der Waals surface area (Å²) < 4.78 is 1.70. The number of carbonyl (C=O) groups is 1. The molecule has 146 valence electrons. The van der Waals surface area contributed by atoms with E-state index in [0.717, 1.165) is 16.5 Å². The number of aromatic nitrogens is 5. The molecule has 0 N–H and O–H groups in total. The van der Waals surface area contributed by atoms with Crippen LogP contribution in [0.5, 0.6) is 0 Å². The van der Waals surface area contributed by atoms with Crippen molar-refractivity contribution in [3.8, 4) is 11.4 Å². The molecule has 2 aromatic carbocycles. The number of rotatable bonds is 5. The summed E-state index contributed by atoms with van der Waals surface area (Å²) in [6.07, 6.45) is 3.43. The maximum atomic E-state index is 12.6. The zero-order valence-corrected chi connectivity index (χ0v) is 17.1. The Hall–Kier alpha value is -3.29. The molecule has 0 spiro atoms. The second-order valence-electron chi connectivity index (χ2n) is 6.54. The molecule has 3 heterocycles. The van der Waals surface area contributed by atoms with Gasteiger partial charge in [0.2, 0.25) is 0 Å². The minimum atomic E-state index is -0.00706. The summed E-state index contributed by atoms with van der Waals surface area (Å²) in [5.41, 5.74) is 2.93. The molecule has 0 atom stereocenters. The van der Waals surface area contributed by atoms with Crippen LogP contribution in [0.4, 0.5) is 0 Å². The SMILES string of the molecule is O=C(CSc1nc2ccccc2c2nc(-c3cccnc3)nn12)c1ccc(Cl)cc1. The molecule has 0 unspecified atom stereocenters. The quantitative estimate of drug-likeness (QED) is 0.222. The molecule has 3 aromatic heterocycles. The lowest BCUT2D eigenvalue weighted by Gasteiger charge is -2.06. The van der Waals surface area contributed by atoms with Gasteiger partial charge in [-0.25, -0.2) is 9.97 Å². The molecule has 30 heavy (non-hydrogen) atoms. The molecular formula is C22H14ClN5OS. The molecule has 0 amide bonds. The van der Waals surface area contributed by atoms with E-state index in [1.807, 2.05) is 36.4 Å². The Morgan fingerprint density at radius 2 is 1.83 bits per heavy atom. The second-order valence-corrected chi connectivity index (χ2v) is 7.92. The van der Waals surface area contributed by atoms with Crippen molar-refractivity contribution in [3.05, 3.63) is 83.6 Å². The molecule has 5 rings (SSSR count). The van der Waals surface area contributed by atoms with E-state index >= 15 is 0 Å². The van der Waals surface area contributed by atoms with Crippen LogP contribution >= 0.6 is 23.4 Å². The number of halogens is 1. The first-order valence-corrected chi connectivity index (χ1v) is 10.5. The molecule has 0 bridgehead atoms. The van der Waals surface area contributed by atoms with Crippen molar-refractivity contribution >= 4 is 45.7 Å². The molecule has 8 heteroatoms. The molecule has 0 aliphatic carbocycles. The van der Waals surface area contributed by atoms with Crippen LogP contribution in [0.1, 0.15) is 10.4 Å². The Morgan fingerprint density at radius 1 is 1.00 bits per heavy atom. The molecule has 0 aliphatic rings. The largest absolute Gasteiger partial charge is 0.293 e. The highest BCUT2D eigenvalue weighted by Crippen LogP contribution is 2.26. The van der Waals surface area contributed by atoms with Crippen molar-refractivity contribution in [1.82, 2.24) is 24.6 Å². The standard InChI is InChI=1S/C22H14ClN5OS/c23-16-9-7-14(8-10-16)19(29)13-30-22-25-18-6-2-1-5-17(18)21-26-20(27-28(21)22)15-4-3-11-24-12-15/h1-12H,13H2. The number of para-hydroxylation sites is 1. The zero-order chi connectivity index (χ0) is 20.5. The van der Waals surface area contributed by atoms with E-state index in [9.17, 15) is 4.79 Å². The summed E-state index contributed by atoms with van der Waals surface area (Å²) in [6, 6.07) is 18.4. The number of benzene rings is 2. The molecule has 0 saturated carbocycles. The fourth-order valence-corrected chi connectivity index (χ4v) is 4.06. The smallest absolute Gasteiger partial charge is 0.192 e. The topological polar surface area (TPSA) is 73.0 Å². The van der Waals surface area contributed by atoms with Crippen LogP contribution in [0.25, 0.3) is 27.9 Å². The first-order chi connectivity index (χ1) is 14.7.